The minimum atomic E-state index is -0.508. The summed E-state index contributed by atoms with van der Waals surface area (Å²) in [7, 11) is 0. The summed E-state index contributed by atoms with van der Waals surface area (Å²) in [5.74, 6) is -0.201. The first-order valence-electron chi connectivity index (χ1n) is 9.06. The molecule has 8 heteroatoms. The zero-order valence-corrected chi connectivity index (χ0v) is 18.9. The van der Waals surface area contributed by atoms with E-state index in [0.29, 0.717) is 42.4 Å². The van der Waals surface area contributed by atoms with Gasteiger partial charge >= 0.3 is 6.09 Å². The highest BCUT2D eigenvalue weighted by Crippen LogP contribution is 2.29. The standard InChI is InChI=1S/C22H17Cl4NO3/c1-2-30-22(29)27-11-15(7-13-3-5-17(23)9-19(13)25)21(28)16(12-27)8-14-4-6-18(24)10-20(14)26/h3-10H,2,11-12H2,1H3/b15-7-,16-8-. The number of likely N-dealkylation sites (tertiary alicyclic amines) is 1. The SMILES string of the molecule is CCOC(=O)N1C/C(=C/c2ccc(Cl)cc2Cl)C(=O)/C(=C\c2ccc(Cl)cc2Cl)C1. The average molecular weight is 485 g/mol. The molecule has 0 unspecified atom stereocenters. The van der Waals surface area contributed by atoms with E-state index in [-0.39, 0.29) is 25.5 Å². The van der Waals surface area contributed by atoms with Crippen molar-refractivity contribution in [2.45, 2.75) is 6.92 Å². The summed E-state index contributed by atoms with van der Waals surface area (Å²) < 4.78 is 5.13. The molecule has 1 saturated heterocycles. The Morgan fingerprint density at radius 2 is 1.40 bits per heavy atom. The number of Topliss-reactive ketones (excluding diaryl/α,β-unsaturated/α-hetero) is 1. The van der Waals surface area contributed by atoms with Gasteiger partial charge in [0.25, 0.3) is 0 Å². The first kappa shape index (κ1) is 22.7. The van der Waals surface area contributed by atoms with Crippen molar-refractivity contribution in [2.75, 3.05) is 19.7 Å². The zero-order chi connectivity index (χ0) is 21.8. The maximum Gasteiger partial charge on any atom is 0.410 e. The molecule has 3 rings (SSSR count). The maximum absolute atomic E-state index is 13.2. The maximum atomic E-state index is 13.2. The molecule has 0 aliphatic carbocycles. The van der Waals surface area contributed by atoms with Crippen LogP contribution in [0.3, 0.4) is 0 Å². The van der Waals surface area contributed by atoms with Crippen LogP contribution in [0.1, 0.15) is 18.1 Å². The minimum absolute atomic E-state index is 0.0995. The van der Waals surface area contributed by atoms with Crippen molar-refractivity contribution in [3.8, 4) is 0 Å². The summed E-state index contributed by atoms with van der Waals surface area (Å²) in [5, 5.41) is 1.79. The van der Waals surface area contributed by atoms with Crippen molar-refractivity contribution in [1.82, 2.24) is 4.90 Å². The third-order valence-corrected chi connectivity index (χ3v) is 5.54. The van der Waals surface area contributed by atoms with E-state index in [1.807, 2.05) is 0 Å². The number of hydrogen-bond donors (Lipinski definition) is 0. The Labute approximate surface area is 194 Å². The van der Waals surface area contributed by atoms with Gasteiger partial charge in [0.1, 0.15) is 0 Å². The van der Waals surface area contributed by atoms with Crippen molar-refractivity contribution in [1.29, 1.82) is 0 Å². The fourth-order valence-electron chi connectivity index (χ4n) is 3.00. The van der Waals surface area contributed by atoms with Crippen molar-refractivity contribution >= 4 is 70.4 Å². The van der Waals surface area contributed by atoms with Crippen LogP contribution in [-0.4, -0.2) is 36.5 Å². The number of hydrogen-bond acceptors (Lipinski definition) is 3. The van der Waals surface area contributed by atoms with Gasteiger partial charge in [-0.25, -0.2) is 4.79 Å². The second-order valence-corrected chi connectivity index (χ2v) is 8.24. The Morgan fingerprint density at radius 3 is 1.80 bits per heavy atom. The topological polar surface area (TPSA) is 46.6 Å². The number of nitrogens with zero attached hydrogens (tertiary/aromatic N) is 1. The second kappa shape index (κ2) is 9.88. The first-order chi connectivity index (χ1) is 14.3. The van der Waals surface area contributed by atoms with E-state index in [4.69, 9.17) is 51.1 Å². The minimum Gasteiger partial charge on any atom is -0.450 e. The molecule has 1 amide bonds. The number of ether oxygens (including phenoxy) is 1. The van der Waals surface area contributed by atoms with Gasteiger partial charge in [0.2, 0.25) is 0 Å². The number of ketones is 1. The van der Waals surface area contributed by atoms with Gasteiger partial charge in [-0.1, -0.05) is 58.5 Å². The first-order valence-corrected chi connectivity index (χ1v) is 10.6. The van der Waals surface area contributed by atoms with Crippen LogP contribution in [0, 0.1) is 0 Å². The summed E-state index contributed by atoms with van der Waals surface area (Å²) in [6.45, 7) is 2.15. The molecule has 1 aliphatic heterocycles. The molecule has 1 heterocycles. The normalized spacial score (nSPS) is 17.0. The molecular formula is C22H17Cl4NO3. The molecule has 0 radical (unpaired) electrons. The highest BCUT2D eigenvalue weighted by atomic mass is 35.5. The predicted octanol–water partition coefficient (Wildman–Crippen LogP) is 6.81. The number of carbonyl (C=O) groups is 2. The Bertz CT molecular complexity index is 989. The van der Waals surface area contributed by atoms with Crippen molar-refractivity contribution in [3.05, 3.63) is 78.8 Å². The van der Waals surface area contributed by atoms with E-state index >= 15 is 0 Å². The molecule has 0 atom stereocenters. The molecule has 2 aromatic carbocycles. The van der Waals surface area contributed by atoms with Crippen molar-refractivity contribution in [3.63, 3.8) is 0 Å². The van der Waals surface area contributed by atoms with E-state index in [1.54, 1.807) is 55.5 Å². The van der Waals surface area contributed by atoms with Gasteiger partial charge in [-0.15, -0.1) is 0 Å². The Balaban J connectivity index is 2.03. The summed E-state index contributed by atoms with van der Waals surface area (Å²) in [5.41, 5.74) is 2.04. The van der Waals surface area contributed by atoms with Crippen LogP contribution < -0.4 is 0 Å². The van der Waals surface area contributed by atoms with Crippen LogP contribution in [0.4, 0.5) is 4.79 Å². The second-order valence-electron chi connectivity index (χ2n) is 6.55. The molecule has 1 fully saturated rings. The molecule has 30 heavy (non-hydrogen) atoms. The predicted molar refractivity (Wildman–Crippen MR) is 122 cm³/mol. The van der Waals surface area contributed by atoms with Crippen LogP contribution in [0.5, 0.6) is 0 Å². The van der Waals surface area contributed by atoms with Crippen LogP contribution in [0.25, 0.3) is 12.2 Å². The molecule has 0 spiro atoms. The van der Waals surface area contributed by atoms with Crippen LogP contribution >= 0.6 is 46.4 Å². The van der Waals surface area contributed by atoms with Crippen LogP contribution in [-0.2, 0) is 9.53 Å². The molecule has 0 saturated carbocycles. The molecule has 4 nitrogen and oxygen atoms in total. The number of piperidine rings is 1. The van der Waals surface area contributed by atoms with Gasteiger partial charge in [-0.2, -0.15) is 0 Å². The Hall–Kier alpha value is -1.98. The summed E-state index contributed by atoms with van der Waals surface area (Å²) in [4.78, 5) is 27.0. The summed E-state index contributed by atoms with van der Waals surface area (Å²) in [6.07, 6.45) is 2.80. The monoisotopic (exact) mass is 483 g/mol. The lowest BCUT2D eigenvalue weighted by atomic mass is 9.94. The quantitative estimate of drug-likeness (QED) is 0.449. The summed E-state index contributed by atoms with van der Waals surface area (Å²) in [6, 6.07) is 9.98. The van der Waals surface area contributed by atoms with Gasteiger partial charge in [0.05, 0.1) is 19.7 Å². The lowest BCUT2D eigenvalue weighted by molar-refractivity contribution is -0.113. The van der Waals surface area contributed by atoms with E-state index in [1.165, 1.54) is 4.90 Å². The fraction of sp³-hybridized carbons (Fsp3) is 0.182. The highest BCUT2D eigenvalue weighted by molar-refractivity contribution is 6.36. The Morgan fingerprint density at radius 1 is 0.933 bits per heavy atom. The van der Waals surface area contributed by atoms with E-state index in [2.05, 4.69) is 0 Å². The zero-order valence-electron chi connectivity index (χ0n) is 15.9. The van der Waals surface area contributed by atoms with Crippen molar-refractivity contribution in [2.24, 2.45) is 0 Å². The number of rotatable bonds is 3. The number of amides is 1. The summed E-state index contributed by atoms with van der Waals surface area (Å²) >= 11 is 24.4. The fourth-order valence-corrected chi connectivity index (χ4v) is 3.92. The van der Waals surface area contributed by atoms with Gasteiger partial charge in [0.15, 0.2) is 5.78 Å². The van der Waals surface area contributed by atoms with Gasteiger partial charge < -0.3 is 4.74 Å². The molecule has 2 aromatic rings. The third kappa shape index (κ3) is 5.38. The molecule has 0 aromatic heterocycles. The van der Waals surface area contributed by atoms with E-state index < -0.39 is 6.09 Å². The van der Waals surface area contributed by atoms with Crippen LogP contribution in [0.2, 0.25) is 20.1 Å². The van der Waals surface area contributed by atoms with E-state index in [9.17, 15) is 9.59 Å². The Kier molecular flexibility index (Phi) is 7.48. The molecule has 0 N–H and O–H groups in total. The molecule has 1 aliphatic rings. The van der Waals surface area contributed by atoms with E-state index in [0.717, 1.165) is 0 Å². The van der Waals surface area contributed by atoms with Gasteiger partial charge in [-0.05, 0) is 54.5 Å². The lowest BCUT2D eigenvalue weighted by Crippen LogP contribution is -2.41. The van der Waals surface area contributed by atoms with Crippen molar-refractivity contribution < 1.29 is 14.3 Å². The number of halogens is 4. The highest BCUT2D eigenvalue weighted by Gasteiger charge is 2.30. The number of benzene rings is 2. The third-order valence-electron chi connectivity index (χ3n) is 4.42. The lowest BCUT2D eigenvalue weighted by Gasteiger charge is -2.29. The smallest absolute Gasteiger partial charge is 0.410 e. The van der Waals surface area contributed by atoms with Crippen LogP contribution in [0.15, 0.2) is 47.5 Å². The van der Waals surface area contributed by atoms with Gasteiger partial charge in [0, 0.05) is 31.2 Å². The number of carbonyl (C=O) groups excluding carboxylic acids is 2. The molecular weight excluding hydrogens is 468 g/mol. The molecule has 0 bridgehead atoms. The van der Waals surface area contributed by atoms with Gasteiger partial charge in [-0.3, -0.25) is 9.69 Å². The molecule has 156 valence electrons. The average Bonchev–Trinajstić information content (AvgIpc) is 2.69. The largest absolute Gasteiger partial charge is 0.450 e.